The van der Waals surface area contributed by atoms with Crippen LogP contribution in [0.5, 0.6) is 0 Å². The molecular formula is C18H20N4O. The summed E-state index contributed by atoms with van der Waals surface area (Å²) in [4.78, 5) is 11.9. The maximum Gasteiger partial charge on any atom is 0.237 e. The van der Waals surface area contributed by atoms with Crippen molar-refractivity contribution in [3.63, 3.8) is 0 Å². The number of rotatable bonds is 3. The summed E-state index contributed by atoms with van der Waals surface area (Å²) in [5.41, 5.74) is 2.89. The van der Waals surface area contributed by atoms with Gasteiger partial charge >= 0.3 is 0 Å². The number of nitrogens with one attached hydrogen (secondary N) is 3. The first-order valence-electron chi connectivity index (χ1n) is 7.65. The van der Waals surface area contributed by atoms with Crippen LogP contribution in [0.25, 0.3) is 0 Å². The monoisotopic (exact) mass is 308 g/mol. The number of H-pyrrole nitrogens is 1. The maximum atomic E-state index is 11.9. The summed E-state index contributed by atoms with van der Waals surface area (Å²) in [5, 5.41) is 12.9. The Labute approximate surface area is 135 Å². The Morgan fingerprint density at radius 3 is 2.61 bits per heavy atom. The van der Waals surface area contributed by atoms with Crippen molar-refractivity contribution in [2.24, 2.45) is 5.41 Å². The molecule has 23 heavy (non-hydrogen) atoms. The fourth-order valence-corrected chi connectivity index (χ4v) is 2.63. The number of aromatic amines is 1. The fraction of sp³-hybridized carbons (Fsp3) is 0.333. The highest BCUT2D eigenvalue weighted by molar-refractivity contribution is 5.85. The molecule has 5 heteroatoms. The van der Waals surface area contributed by atoms with E-state index in [2.05, 4.69) is 46.5 Å². The Balaban J connectivity index is 1.61. The van der Waals surface area contributed by atoms with Gasteiger partial charge in [0.15, 0.2) is 0 Å². The molecule has 118 valence electrons. The number of hydrogen-bond donors (Lipinski definition) is 3. The summed E-state index contributed by atoms with van der Waals surface area (Å²) in [6.07, 6.45) is 3.46. The molecule has 2 heterocycles. The third kappa shape index (κ3) is 3.61. The molecule has 1 aromatic heterocycles. The third-order valence-corrected chi connectivity index (χ3v) is 4.08. The summed E-state index contributed by atoms with van der Waals surface area (Å²) in [6, 6.07) is 7.90. The molecule has 3 rings (SSSR count). The molecule has 1 saturated heterocycles. The van der Waals surface area contributed by atoms with Crippen molar-refractivity contribution in [1.29, 1.82) is 0 Å². The van der Waals surface area contributed by atoms with Crippen LogP contribution in [0.2, 0.25) is 0 Å². The van der Waals surface area contributed by atoms with E-state index in [0.717, 1.165) is 16.7 Å². The molecule has 1 unspecified atom stereocenters. The third-order valence-electron chi connectivity index (χ3n) is 4.08. The van der Waals surface area contributed by atoms with Crippen molar-refractivity contribution in [2.75, 3.05) is 6.54 Å². The van der Waals surface area contributed by atoms with E-state index >= 15 is 0 Å². The van der Waals surface area contributed by atoms with Crippen LogP contribution in [0.4, 0.5) is 0 Å². The van der Waals surface area contributed by atoms with Crippen molar-refractivity contribution in [2.45, 2.75) is 26.4 Å². The number of aromatic nitrogens is 2. The number of carbonyl (C=O) groups is 1. The van der Waals surface area contributed by atoms with E-state index in [-0.39, 0.29) is 17.4 Å². The summed E-state index contributed by atoms with van der Waals surface area (Å²) in [7, 11) is 0. The van der Waals surface area contributed by atoms with Gasteiger partial charge in [0, 0.05) is 30.3 Å². The van der Waals surface area contributed by atoms with Crippen LogP contribution in [0.1, 0.15) is 30.5 Å². The van der Waals surface area contributed by atoms with Gasteiger partial charge in [-0.2, -0.15) is 5.10 Å². The number of hydrogen-bond acceptors (Lipinski definition) is 3. The minimum atomic E-state index is -0.150. The standard InChI is InChI=1S/C18H20N4O/c1-18(2)12-20-17(23)16(18)19-9-14-6-3-13(4-7-14)5-8-15-10-21-22-11-15/h3-4,6-7,10-11,16,19H,9,12H2,1-2H3,(H,20,23)(H,21,22). The first-order chi connectivity index (χ1) is 11.0. The number of nitrogens with zero attached hydrogens (tertiary/aromatic N) is 1. The zero-order valence-electron chi connectivity index (χ0n) is 13.3. The minimum Gasteiger partial charge on any atom is -0.354 e. The Kier molecular flexibility index (Phi) is 4.18. The molecule has 1 fully saturated rings. The van der Waals surface area contributed by atoms with Gasteiger partial charge in [0.05, 0.1) is 17.8 Å². The van der Waals surface area contributed by atoms with Gasteiger partial charge in [-0.3, -0.25) is 9.89 Å². The van der Waals surface area contributed by atoms with E-state index in [0.29, 0.717) is 13.1 Å². The summed E-state index contributed by atoms with van der Waals surface area (Å²) in [6.45, 7) is 5.57. The van der Waals surface area contributed by atoms with Crippen molar-refractivity contribution in [3.8, 4) is 11.8 Å². The zero-order valence-corrected chi connectivity index (χ0v) is 13.3. The molecule has 1 aliphatic heterocycles. The van der Waals surface area contributed by atoms with Crippen molar-refractivity contribution >= 4 is 5.91 Å². The predicted molar refractivity (Wildman–Crippen MR) is 88.4 cm³/mol. The van der Waals surface area contributed by atoms with Gasteiger partial charge in [0.1, 0.15) is 0 Å². The molecule has 1 aliphatic rings. The number of carbonyl (C=O) groups excluding carboxylic acids is 1. The van der Waals surface area contributed by atoms with Crippen LogP contribution >= 0.6 is 0 Å². The van der Waals surface area contributed by atoms with Crippen LogP contribution in [0.3, 0.4) is 0 Å². The lowest BCUT2D eigenvalue weighted by molar-refractivity contribution is -0.121. The molecule has 0 spiro atoms. The predicted octanol–water partition coefficient (Wildman–Crippen LogP) is 1.42. The molecule has 3 N–H and O–H groups in total. The van der Waals surface area contributed by atoms with Gasteiger partial charge in [-0.05, 0) is 17.7 Å². The number of amides is 1. The Bertz CT molecular complexity index is 736. The van der Waals surface area contributed by atoms with Gasteiger partial charge in [-0.25, -0.2) is 0 Å². The van der Waals surface area contributed by atoms with Crippen LogP contribution in [0, 0.1) is 17.3 Å². The average molecular weight is 308 g/mol. The maximum absolute atomic E-state index is 11.9. The smallest absolute Gasteiger partial charge is 0.237 e. The highest BCUT2D eigenvalue weighted by atomic mass is 16.2. The first kappa shape index (κ1) is 15.3. The van der Waals surface area contributed by atoms with Gasteiger partial charge < -0.3 is 10.6 Å². The summed E-state index contributed by atoms with van der Waals surface area (Å²) < 4.78 is 0. The molecule has 0 radical (unpaired) electrons. The van der Waals surface area contributed by atoms with Crippen molar-refractivity contribution < 1.29 is 4.79 Å². The lowest BCUT2D eigenvalue weighted by Gasteiger charge is -2.24. The van der Waals surface area contributed by atoms with E-state index < -0.39 is 0 Å². The summed E-state index contributed by atoms with van der Waals surface area (Å²) >= 11 is 0. The molecular weight excluding hydrogens is 288 g/mol. The second-order valence-electron chi connectivity index (χ2n) is 6.45. The molecule has 1 atom stereocenters. The van der Waals surface area contributed by atoms with Gasteiger partial charge in [-0.15, -0.1) is 0 Å². The van der Waals surface area contributed by atoms with E-state index in [1.165, 1.54) is 0 Å². The van der Waals surface area contributed by atoms with Gasteiger partial charge in [0.25, 0.3) is 0 Å². The van der Waals surface area contributed by atoms with E-state index in [9.17, 15) is 4.79 Å². The molecule has 5 nitrogen and oxygen atoms in total. The van der Waals surface area contributed by atoms with E-state index in [1.807, 2.05) is 24.3 Å². The largest absolute Gasteiger partial charge is 0.354 e. The van der Waals surface area contributed by atoms with Crippen LogP contribution in [-0.2, 0) is 11.3 Å². The normalized spacial score (nSPS) is 19.0. The minimum absolute atomic E-state index is 0.0624. The van der Waals surface area contributed by atoms with Crippen molar-refractivity contribution in [1.82, 2.24) is 20.8 Å². The van der Waals surface area contributed by atoms with E-state index in [1.54, 1.807) is 12.4 Å². The lowest BCUT2D eigenvalue weighted by atomic mass is 9.87. The molecule has 0 aliphatic carbocycles. The van der Waals surface area contributed by atoms with E-state index in [4.69, 9.17) is 0 Å². The van der Waals surface area contributed by atoms with Crippen LogP contribution in [0.15, 0.2) is 36.7 Å². The quantitative estimate of drug-likeness (QED) is 0.751. The highest BCUT2D eigenvalue weighted by Gasteiger charge is 2.40. The second-order valence-corrected chi connectivity index (χ2v) is 6.45. The second kappa shape index (κ2) is 6.27. The lowest BCUT2D eigenvalue weighted by Crippen LogP contribution is -2.43. The van der Waals surface area contributed by atoms with Crippen LogP contribution in [-0.4, -0.2) is 28.7 Å². The van der Waals surface area contributed by atoms with Crippen molar-refractivity contribution in [3.05, 3.63) is 53.3 Å². The molecule has 1 aromatic carbocycles. The number of benzene rings is 1. The van der Waals surface area contributed by atoms with Crippen LogP contribution < -0.4 is 10.6 Å². The Morgan fingerprint density at radius 1 is 1.26 bits per heavy atom. The van der Waals surface area contributed by atoms with Gasteiger partial charge in [0.2, 0.25) is 5.91 Å². The molecule has 0 bridgehead atoms. The molecule has 0 saturated carbocycles. The SMILES string of the molecule is CC1(C)CNC(=O)C1NCc1ccc(C#Cc2cn[nH]c2)cc1. The topological polar surface area (TPSA) is 69.8 Å². The molecule has 1 amide bonds. The highest BCUT2D eigenvalue weighted by Crippen LogP contribution is 2.25. The first-order valence-corrected chi connectivity index (χ1v) is 7.65. The molecule has 2 aromatic rings. The average Bonchev–Trinajstić information content (AvgIpc) is 3.13. The Morgan fingerprint density at radius 2 is 2.00 bits per heavy atom. The Hall–Kier alpha value is -2.58. The zero-order chi connectivity index (χ0) is 16.3. The van der Waals surface area contributed by atoms with Gasteiger partial charge in [-0.1, -0.05) is 37.8 Å². The summed E-state index contributed by atoms with van der Waals surface area (Å²) in [5.74, 6) is 6.22. The fourth-order valence-electron chi connectivity index (χ4n) is 2.63.